The lowest BCUT2D eigenvalue weighted by Gasteiger charge is -2.18. The number of carbonyl (C=O) groups is 2. The maximum atomic E-state index is 12.1. The molecule has 116 valence electrons. The third-order valence-electron chi connectivity index (χ3n) is 3.75. The monoisotopic (exact) mass is 309 g/mol. The number of amides is 1. The van der Waals surface area contributed by atoms with Crippen LogP contribution >= 0.6 is 11.3 Å². The minimum Gasteiger partial charge on any atom is -0.465 e. The fourth-order valence-corrected chi connectivity index (χ4v) is 4.12. The van der Waals surface area contributed by atoms with E-state index < -0.39 is 0 Å². The highest BCUT2D eigenvalue weighted by Gasteiger charge is 2.28. The Labute approximate surface area is 129 Å². The van der Waals surface area contributed by atoms with E-state index in [0.717, 1.165) is 24.8 Å². The van der Waals surface area contributed by atoms with E-state index in [9.17, 15) is 9.59 Å². The quantitative estimate of drug-likeness (QED) is 0.864. The topological polar surface area (TPSA) is 55.4 Å². The second-order valence-corrected chi connectivity index (χ2v) is 7.30. The van der Waals surface area contributed by atoms with Crippen molar-refractivity contribution in [1.29, 1.82) is 0 Å². The molecule has 1 heterocycles. The summed E-state index contributed by atoms with van der Waals surface area (Å²) in [4.78, 5) is 25.3. The molecule has 0 aliphatic heterocycles. The van der Waals surface area contributed by atoms with Gasteiger partial charge < -0.3 is 10.1 Å². The van der Waals surface area contributed by atoms with Crippen molar-refractivity contribution >= 4 is 28.2 Å². The van der Waals surface area contributed by atoms with Gasteiger partial charge in [-0.3, -0.25) is 4.79 Å². The van der Waals surface area contributed by atoms with Gasteiger partial charge in [-0.05, 0) is 36.7 Å². The molecular formula is C16H23NO3S. The van der Waals surface area contributed by atoms with E-state index in [1.165, 1.54) is 23.3 Å². The first kappa shape index (κ1) is 16.0. The van der Waals surface area contributed by atoms with Crippen molar-refractivity contribution < 1.29 is 14.3 Å². The Hall–Kier alpha value is -1.36. The molecule has 0 aromatic carbocycles. The van der Waals surface area contributed by atoms with E-state index >= 15 is 0 Å². The summed E-state index contributed by atoms with van der Waals surface area (Å²) in [5.74, 6) is 0.533. The van der Waals surface area contributed by atoms with Crippen LogP contribution in [0.15, 0.2) is 0 Å². The van der Waals surface area contributed by atoms with Gasteiger partial charge in [0.1, 0.15) is 5.00 Å². The van der Waals surface area contributed by atoms with Crippen molar-refractivity contribution in [2.75, 3.05) is 12.4 Å². The smallest absolute Gasteiger partial charge is 0.341 e. The van der Waals surface area contributed by atoms with Crippen molar-refractivity contribution in [2.24, 2.45) is 11.8 Å². The van der Waals surface area contributed by atoms with E-state index in [0.29, 0.717) is 28.8 Å². The molecule has 1 N–H and O–H groups in total. The van der Waals surface area contributed by atoms with Crippen molar-refractivity contribution in [3.63, 3.8) is 0 Å². The lowest BCUT2D eigenvalue weighted by molar-refractivity contribution is -0.116. The third kappa shape index (κ3) is 3.64. The Balaban J connectivity index is 2.31. The third-order valence-corrected chi connectivity index (χ3v) is 4.92. The van der Waals surface area contributed by atoms with Crippen LogP contribution in [0.4, 0.5) is 5.00 Å². The van der Waals surface area contributed by atoms with E-state index in [1.807, 2.05) is 13.8 Å². The molecule has 1 aromatic heterocycles. The molecule has 1 aliphatic carbocycles. The molecule has 21 heavy (non-hydrogen) atoms. The molecule has 0 saturated carbocycles. The predicted molar refractivity (Wildman–Crippen MR) is 84.9 cm³/mol. The summed E-state index contributed by atoms with van der Waals surface area (Å²) in [7, 11) is 1.39. The summed E-state index contributed by atoms with van der Waals surface area (Å²) in [5, 5.41) is 3.57. The van der Waals surface area contributed by atoms with Crippen LogP contribution in [-0.2, 0) is 22.4 Å². The van der Waals surface area contributed by atoms with Gasteiger partial charge in [0.2, 0.25) is 5.91 Å². The van der Waals surface area contributed by atoms with Crippen LogP contribution < -0.4 is 5.32 Å². The standard InChI is InChI=1S/C16H23NO3S/c1-9(2)7-13(18)17-15-14(16(19)20-4)11-6-5-10(3)8-12(11)21-15/h9-10H,5-8H2,1-4H3,(H,17,18). The van der Waals surface area contributed by atoms with Crippen molar-refractivity contribution in [3.8, 4) is 0 Å². The number of methoxy groups -OCH3 is 1. The highest BCUT2D eigenvalue weighted by molar-refractivity contribution is 7.17. The molecule has 1 atom stereocenters. The van der Waals surface area contributed by atoms with Gasteiger partial charge in [-0.25, -0.2) is 4.79 Å². The molecule has 0 spiro atoms. The number of esters is 1. The van der Waals surface area contributed by atoms with E-state index in [-0.39, 0.29) is 11.9 Å². The molecule has 1 amide bonds. The molecule has 0 fully saturated rings. The van der Waals surface area contributed by atoms with Crippen LogP contribution in [-0.4, -0.2) is 19.0 Å². The number of nitrogens with one attached hydrogen (secondary N) is 1. The molecule has 4 nitrogen and oxygen atoms in total. The molecule has 0 saturated heterocycles. The molecule has 0 radical (unpaired) electrons. The predicted octanol–water partition coefficient (Wildman–Crippen LogP) is 3.64. The van der Waals surface area contributed by atoms with Gasteiger partial charge in [0.15, 0.2) is 0 Å². The van der Waals surface area contributed by atoms with Crippen LogP contribution in [0, 0.1) is 11.8 Å². The lowest BCUT2D eigenvalue weighted by Crippen LogP contribution is -2.16. The van der Waals surface area contributed by atoms with Crippen LogP contribution in [0.3, 0.4) is 0 Å². The van der Waals surface area contributed by atoms with Crippen molar-refractivity contribution in [3.05, 3.63) is 16.0 Å². The summed E-state index contributed by atoms with van der Waals surface area (Å²) in [6.45, 7) is 6.22. The second-order valence-electron chi connectivity index (χ2n) is 6.19. The molecule has 5 heteroatoms. The zero-order valence-electron chi connectivity index (χ0n) is 13.1. The number of ether oxygens (including phenoxy) is 1. The zero-order valence-corrected chi connectivity index (χ0v) is 13.9. The maximum Gasteiger partial charge on any atom is 0.341 e. The van der Waals surface area contributed by atoms with Crippen LogP contribution in [0.1, 0.15) is 54.4 Å². The van der Waals surface area contributed by atoms with E-state index in [2.05, 4.69) is 12.2 Å². The van der Waals surface area contributed by atoms with Gasteiger partial charge in [-0.15, -0.1) is 11.3 Å². The Morgan fingerprint density at radius 3 is 2.76 bits per heavy atom. The Bertz CT molecular complexity index is 548. The van der Waals surface area contributed by atoms with Crippen molar-refractivity contribution in [2.45, 2.75) is 46.5 Å². The fraction of sp³-hybridized carbons (Fsp3) is 0.625. The largest absolute Gasteiger partial charge is 0.465 e. The summed E-state index contributed by atoms with van der Waals surface area (Å²) in [5.41, 5.74) is 1.64. The Kier molecular flexibility index (Phi) is 5.04. The number of hydrogen-bond acceptors (Lipinski definition) is 4. The maximum absolute atomic E-state index is 12.1. The lowest BCUT2D eigenvalue weighted by atomic mass is 9.88. The summed E-state index contributed by atoms with van der Waals surface area (Å²) >= 11 is 1.53. The van der Waals surface area contributed by atoms with E-state index in [4.69, 9.17) is 4.74 Å². The van der Waals surface area contributed by atoms with Gasteiger partial charge in [0.25, 0.3) is 0 Å². The molecule has 1 aromatic rings. The number of fused-ring (bicyclic) bond motifs is 1. The minimum atomic E-state index is -0.345. The molecule has 2 rings (SSSR count). The van der Waals surface area contributed by atoms with Gasteiger partial charge in [-0.1, -0.05) is 20.8 Å². The van der Waals surface area contributed by atoms with Crippen LogP contribution in [0.5, 0.6) is 0 Å². The van der Waals surface area contributed by atoms with Crippen molar-refractivity contribution in [1.82, 2.24) is 0 Å². The highest BCUT2D eigenvalue weighted by Crippen LogP contribution is 2.40. The minimum absolute atomic E-state index is 0.0400. The Morgan fingerprint density at radius 2 is 2.14 bits per heavy atom. The number of thiophene rings is 1. The fourth-order valence-electron chi connectivity index (χ4n) is 2.71. The number of hydrogen-bond donors (Lipinski definition) is 1. The van der Waals surface area contributed by atoms with Gasteiger partial charge in [0, 0.05) is 11.3 Å². The SMILES string of the molecule is COC(=O)c1c(NC(=O)CC(C)C)sc2c1CCC(C)C2. The second kappa shape index (κ2) is 6.60. The van der Waals surface area contributed by atoms with Gasteiger partial charge >= 0.3 is 5.97 Å². The summed E-state index contributed by atoms with van der Waals surface area (Å²) < 4.78 is 4.91. The number of anilines is 1. The van der Waals surface area contributed by atoms with Gasteiger partial charge in [0.05, 0.1) is 12.7 Å². The van der Waals surface area contributed by atoms with Gasteiger partial charge in [-0.2, -0.15) is 0 Å². The molecule has 0 bridgehead atoms. The average molecular weight is 309 g/mol. The normalized spacial score (nSPS) is 17.5. The molecular weight excluding hydrogens is 286 g/mol. The zero-order chi connectivity index (χ0) is 15.6. The summed E-state index contributed by atoms with van der Waals surface area (Å²) in [6.07, 6.45) is 3.40. The van der Waals surface area contributed by atoms with Crippen LogP contribution in [0.2, 0.25) is 0 Å². The molecule has 1 unspecified atom stereocenters. The first-order chi connectivity index (χ1) is 9.92. The number of rotatable bonds is 4. The average Bonchev–Trinajstić information content (AvgIpc) is 2.73. The van der Waals surface area contributed by atoms with Crippen LogP contribution in [0.25, 0.3) is 0 Å². The highest BCUT2D eigenvalue weighted by atomic mass is 32.1. The van der Waals surface area contributed by atoms with E-state index in [1.54, 1.807) is 0 Å². The first-order valence-corrected chi connectivity index (χ1v) is 8.26. The summed E-state index contributed by atoms with van der Waals surface area (Å²) in [6, 6.07) is 0. The Morgan fingerprint density at radius 1 is 1.43 bits per heavy atom. The first-order valence-electron chi connectivity index (χ1n) is 7.45. The molecule has 1 aliphatic rings. The number of carbonyl (C=O) groups excluding carboxylic acids is 2.